The van der Waals surface area contributed by atoms with Crippen LogP contribution in [0.25, 0.3) is 10.9 Å². The molecule has 1 fully saturated rings. The van der Waals surface area contributed by atoms with Gasteiger partial charge in [-0.25, -0.2) is 4.79 Å². The van der Waals surface area contributed by atoms with E-state index in [-0.39, 0.29) is 18.3 Å². The van der Waals surface area contributed by atoms with Crippen molar-refractivity contribution in [1.29, 1.82) is 0 Å². The fraction of sp³-hybridized carbons (Fsp3) is 0.400. The molecule has 1 N–H and O–H groups in total. The largest absolute Gasteiger partial charge is 0.490 e. The van der Waals surface area contributed by atoms with Gasteiger partial charge < -0.3 is 19.4 Å². The first kappa shape index (κ1) is 12.8. The molecule has 106 valence electrons. The molecular formula is C15H18N2O3. The number of nitrogens with one attached hydrogen (secondary N) is 1. The molecule has 0 radical (unpaired) electrons. The number of amides is 1. The summed E-state index contributed by atoms with van der Waals surface area (Å²) >= 11 is 0. The molecule has 1 aliphatic heterocycles. The van der Waals surface area contributed by atoms with Crippen LogP contribution in [0.15, 0.2) is 30.5 Å². The van der Waals surface area contributed by atoms with Crippen LogP contribution < -0.4 is 10.1 Å². The molecule has 1 aromatic heterocycles. The zero-order valence-electron chi connectivity index (χ0n) is 11.6. The average Bonchev–Trinajstić information content (AvgIpc) is 2.97. The summed E-state index contributed by atoms with van der Waals surface area (Å²) in [6.07, 6.45) is 1.69. The molecule has 3 rings (SSSR count). The summed E-state index contributed by atoms with van der Waals surface area (Å²) in [4.78, 5) is 11.1. The van der Waals surface area contributed by atoms with E-state index in [0.29, 0.717) is 13.1 Å². The lowest BCUT2D eigenvalue weighted by molar-refractivity contribution is 0.131. The maximum Gasteiger partial charge on any atom is 0.407 e. The van der Waals surface area contributed by atoms with Gasteiger partial charge in [-0.1, -0.05) is 6.07 Å². The highest BCUT2D eigenvalue weighted by atomic mass is 16.6. The third-order valence-corrected chi connectivity index (χ3v) is 3.28. The quantitative estimate of drug-likeness (QED) is 0.932. The second kappa shape index (κ2) is 5.07. The number of rotatable bonds is 4. The summed E-state index contributed by atoms with van der Waals surface area (Å²) in [5.74, 6) is 0.887. The number of ether oxygens (including phenoxy) is 2. The molecule has 1 aliphatic rings. The maximum atomic E-state index is 11.1. The van der Waals surface area contributed by atoms with Crippen molar-refractivity contribution in [3.05, 3.63) is 30.5 Å². The van der Waals surface area contributed by atoms with Crippen LogP contribution in [-0.2, 0) is 11.3 Å². The highest BCUT2D eigenvalue weighted by Crippen LogP contribution is 2.27. The number of fused-ring (bicyclic) bond motifs is 1. The van der Waals surface area contributed by atoms with Gasteiger partial charge in [0.15, 0.2) is 0 Å². The van der Waals surface area contributed by atoms with Crippen LogP contribution in [0.4, 0.5) is 4.79 Å². The third kappa shape index (κ3) is 2.43. The Hall–Kier alpha value is -2.17. The average molecular weight is 274 g/mol. The smallest absolute Gasteiger partial charge is 0.407 e. The Morgan fingerprint density at radius 1 is 1.45 bits per heavy atom. The van der Waals surface area contributed by atoms with Gasteiger partial charge in [-0.2, -0.15) is 0 Å². The number of hydrogen-bond donors (Lipinski definition) is 1. The van der Waals surface area contributed by atoms with E-state index in [9.17, 15) is 4.79 Å². The molecule has 0 saturated carbocycles. The van der Waals surface area contributed by atoms with Gasteiger partial charge in [0.1, 0.15) is 11.9 Å². The molecule has 20 heavy (non-hydrogen) atoms. The fourth-order valence-electron chi connectivity index (χ4n) is 2.46. The standard InChI is InChI=1S/C15H18N2O3/c1-10(2)19-14-5-3-4-13-12(14)6-7-17(13)9-11-8-16-15(18)20-11/h3-7,10-11H,8-9H2,1-2H3,(H,16,18). The highest BCUT2D eigenvalue weighted by molar-refractivity contribution is 5.86. The predicted molar refractivity (Wildman–Crippen MR) is 76.0 cm³/mol. The van der Waals surface area contributed by atoms with Gasteiger partial charge in [0.25, 0.3) is 0 Å². The van der Waals surface area contributed by atoms with Crippen LogP contribution >= 0.6 is 0 Å². The van der Waals surface area contributed by atoms with E-state index in [0.717, 1.165) is 16.7 Å². The van der Waals surface area contributed by atoms with E-state index in [1.165, 1.54) is 0 Å². The Labute approximate surface area is 117 Å². The van der Waals surface area contributed by atoms with Crippen molar-refractivity contribution in [2.24, 2.45) is 0 Å². The molecule has 2 heterocycles. The summed E-state index contributed by atoms with van der Waals surface area (Å²) in [6.45, 7) is 5.23. The topological polar surface area (TPSA) is 52.5 Å². The molecule has 2 aromatic rings. The number of benzene rings is 1. The van der Waals surface area contributed by atoms with Gasteiger partial charge in [-0.15, -0.1) is 0 Å². The van der Waals surface area contributed by atoms with Crippen molar-refractivity contribution in [1.82, 2.24) is 9.88 Å². The third-order valence-electron chi connectivity index (χ3n) is 3.28. The zero-order valence-corrected chi connectivity index (χ0v) is 11.6. The van der Waals surface area contributed by atoms with Gasteiger partial charge in [-0.3, -0.25) is 0 Å². The van der Waals surface area contributed by atoms with Gasteiger partial charge >= 0.3 is 6.09 Å². The Morgan fingerprint density at radius 2 is 2.30 bits per heavy atom. The van der Waals surface area contributed by atoms with E-state index in [1.54, 1.807) is 0 Å². The first-order valence-electron chi connectivity index (χ1n) is 6.82. The second-order valence-corrected chi connectivity index (χ2v) is 5.23. The summed E-state index contributed by atoms with van der Waals surface area (Å²) in [5.41, 5.74) is 1.09. The van der Waals surface area contributed by atoms with Crippen molar-refractivity contribution < 1.29 is 14.3 Å². The molecule has 0 aliphatic carbocycles. The molecule has 1 atom stereocenters. The van der Waals surface area contributed by atoms with E-state index in [2.05, 4.69) is 9.88 Å². The van der Waals surface area contributed by atoms with Crippen molar-refractivity contribution in [3.8, 4) is 5.75 Å². The number of alkyl carbamates (subject to hydrolysis) is 1. The van der Waals surface area contributed by atoms with Crippen molar-refractivity contribution in [2.45, 2.75) is 32.6 Å². The Morgan fingerprint density at radius 3 is 3.00 bits per heavy atom. The first-order chi connectivity index (χ1) is 9.63. The van der Waals surface area contributed by atoms with Crippen molar-refractivity contribution >= 4 is 17.0 Å². The minimum absolute atomic E-state index is 0.118. The summed E-state index contributed by atoms with van der Waals surface area (Å²) in [6, 6.07) is 8.04. The molecule has 0 spiro atoms. The van der Waals surface area contributed by atoms with Crippen LogP contribution in [0.2, 0.25) is 0 Å². The predicted octanol–water partition coefficient (Wildman–Crippen LogP) is 2.54. The fourth-order valence-corrected chi connectivity index (χ4v) is 2.46. The molecular weight excluding hydrogens is 256 g/mol. The van der Waals surface area contributed by atoms with Crippen molar-refractivity contribution in [2.75, 3.05) is 6.54 Å². The van der Waals surface area contributed by atoms with Crippen LogP contribution in [0.5, 0.6) is 5.75 Å². The van der Waals surface area contributed by atoms with Gasteiger partial charge in [0.05, 0.1) is 24.7 Å². The van der Waals surface area contributed by atoms with Gasteiger partial charge in [0, 0.05) is 11.6 Å². The Balaban J connectivity index is 1.87. The summed E-state index contributed by atoms with van der Waals surface area (Å²) in [7, 11) is 0. The molecule has 1 aromatic carbocycles. The van der Waals surface area contributed by atoms with Gasteiger partial charge in [0.2, 0.25) is 0 Å². The normalized spacial score (nSPS) is 18.4. The minimum atomic E-state index is -0.338. The Kier molecular flexibility index (Phi) is 3.26. The summed E-state index contributed by atoms with van der Waals surface area (Å²) < 4.78 is 13.1. The summed E-state index contributed by atoms with van der Waals surface area (Å²) in [5, 5.41) is 3.75. The molecule has 1 saturated heterocycles. The van der Waals surface area contributed by atoms with Gasteiger partial charge in [-0.05, 0) is 32.0 Å². The molecule has 1 amide bonds. The van der Waals surface area contributed by atoms with Crippen LogP contribution in [0, 0.1) is 0 Å². The number of carbonyl (C=O) groups is 1. The minimum Gasteiger partial charge on any atom is -0.490 e. The van der Waals surface area contributed by atoms with Crippen LogP contribution in [0.1, 0.15) is 13.8 Å². The molecule has 1 unspecified atom stereocenters. The molecule has 5 nitrogen and oxygen atoms in total. The molecule has 0 bridgehead atoms. The van der Waals surface area contributed by atoms with E-state index in [4.69, 9.17) is 9.47 Å². The number of aromatic nitrogens is 1. The van der Waals surface area contributed by atoms with E-state index < -0.39 is 0 Å². The maximum absolute atomic E-state index is 11.1. The lowest BCUT2D eigenvalue weighted by atomic mass is 10.2. The molecule has 5 heteroatoms. The van der Waals surface area contributed by atoms with E-state index in [1.807, 2.05) is 44.3 Å². The SMILES string of the molecule is CC(C)Oc1cccc2c1ccn2CC1CNC(=O)O1. The highest BCUT2D eigenvalue weighted by Gasteiger charge is 2.23. The first-order valence-corrected chi connectivity index (χ1v) is 6.82. The number of nitrogens with zero attached hydrogens (tertiary/aromatic N) is 1. The Bertz CT molecular complexity index is 633. The lowest BCUT2D eigenvalue weighted by Crippen LogP contribution is -2.20. The van der Waals surface area contributed by atoms with Crippen LogP contribution in [0.3, 0.4) is 0 Å². The number of hydrogen-bond acceptors (Lipinski definition) is 3. The second-order valence-electron chi connectivity index (χ2n) is 5.23. The number of cyclic esters (lactones) is 1. The van der Waals surface area contributed by atoms with Crippen LogP contribution in [-0.4, -0.2) is 29.4 Å². The number of carbonyl (C=O) groups excluding carboxylic acids is 1. The lowest BCUT2D eigenvalue weighted by Gasteiger charge is -2.13. The monoisotopic (exact) mass is 274 g/mol. The van der Waals surface area contributed by atoms with E-state index >= 15 is 0 Å². The zero-order chi connectivity index (χ0) is 14.1. The van der Waals surface area contributed by atoms with Crippen molar-refractivity contribution in [3.63, 3.8) is 0 Å².